The highest BCUT2D eigenvalue weighted by molar-refractivity contribution is 9.12. The molecular weight excluding hydrogens is 412 g/mol. The lowest BCUT2D eigenvalue weighted by Crippen LogP contribution is -2.23. The maximum Gasteiger partial charge on any atom is 0.126 e. The van der Waals surface area contributed by atoms with Crippen LogP contribution in [-0.2, 0) is 6.42 Å². The fourth-order valence-electron chi connectivity index (χ4n) is 2.05. The summed E-state index contributed by atoms with van der Waals surface area (Å²) in [5, 5.41) is 3.31. The van der Waals surface area contributed by atoms with Gasteiger partial charge in [0.2, 0.25) is 0 Å². The van der Waals surface area contributed by atoms with Gasteiger partial charge in [-0.2, -0.15) is 0 Å². The quantitative estimate of drug-likeness (QED) is 0.673. The molecule has 1 N–H and O–H groups in total. The van der Waals surface area contributed by atoms with E-state index < -0.39 is 5.82 Å². The molecule has 0 amide bonds. The standard InChI is InChI=1S/C14H13Br2F2NS/c1-2-19-12(10-7-13(15)20-14(10)16)6-8-5-9(17)3-4-11(8)18/h3-5,7,12,19H,2,6H2,1H3. The van der Waals surface area contributed by atoms with Crippen LogP contribution in [0.3, 0.4) is 0 Å². The summed E-state index contributed by atoms with van der Waals surface area (Å²) in [4.78, 5) is 0. The summed E-state index contributed by atoms with van der Waals surface area (Å²) in [6, 6.07) is 5.51. The Balaban J connectivity index is 2.30. The normalized spacial score (nSPS) is 12.7. The van der Waals surface area contributed by atoms with Crippen molar-refractivity contribution >= 4 is 43.2 Å². The zero-order chi connectivity index (χ0) is 14.7. The Morgan fingerprint density at radius 1 is 1.25 bits per heavy atom. The van der Waals surface area contributed by atoms with E-state index in [1.54, 1.807) is 11.3 Å². The molecule has 1 aromatic carbocycles. The average Bonchev–Trinajstić information content (AvgIpc) is 2.72. The molecular formula is C14H13Br2F2NS. The molecule has 0 saturated carbocycles. The highest BCUT2D eigenvalue weighted by atomic mass is 79.9. The van der Waals surface area contributed by atoms with Gasteiger partial charge in [-0.15, -0.1) is 11.3 Å². The molecule has 0 saturated heterocycles. The van der Waals surface area contributed by atoms with E-state index in [2.05, 4.69) is 37.2 Å². The van der Waals surface area contributed by atoms with E-state index >= 15 is 0 Å². The number of nitrogens with one attached hydrogen (secondary N) is 1. The first-order valence-electron chi connectivity index (χ1n) is 6.13. The van der Waals surface area contributed by atoms with Crippen molar-refractivity contribution in [2.75, 3.05) is 6.54 Å². The smallest absolute Gasteiger partial charge is 0.126 e. The van der Waals surface area contributed by atoms with E-state index in [1.807, 2.05) is 13.0 Å². The summed E-state index contributed by atoms with van der Waals surface area (Å²) in [5.74, 6) is -0.790. The van der Waals surface area contributed by atoms with E-state index in [4.69, 9.17) is 0 Å². The van der Waals surface area contributed by atoms with Gasteiger partial charge in [-0.25, -0.2) is 8.78 Å². The van der Waals surface area contributed by atoms with Crippen LogP contribution in [0.2, 0.25) is 0 Å². The molecule has 0 aliphatic carbocycles. The second kappa shape index (κ2) is 7.11. The molecule has 0 radical (unpaired) electrons. The lowest BCUT2D eigenvalue weighted by atomic mass is 10.0. The molecule has 108 valence electrons. The third-order valence-corrected chi connectivity index (χ3v) is 5.33. The van der Waals surface area contributed by atoms with E-state index in [-0.39, 0.29) is 11.9 Å². The third kappa shape index (κ3) is 3.87. The van der Waals surface area contributed by atoms with Gasteiger partial charge in [-0.3, -0.25) is 0 Å². The predicted molar refractivity (Wildman–Crippen MR) is 86.2 cm³/mol. The minimum absolute atomic E-state index is 0.0618. The van der Waals surface area contributed by atoms with Crippen molar-refractivity contribution < 1.29 is 8.78 Å². The minimum Gasteiger partial charge on any atom is -0.310 e. The molecule has 6 heteroatoms. The van der Waals surface area contributed by atoms with Gasteiger partial charge in [0.1, 0.15) is 11.6 Å². The highest BCUT2D eigenvalue weighted by Gasteiger charge is 2.18. The molecule has 20 heavy (non-hydrogen) atoms. The molecule has 2 rings (SSSR count). The van der Waals surface area contributed by atoms with Crippen LogP contribution < -0.4 is 5.32 Å². The van der Waals surface area contributed by atoms with Crippen molar-refractivity contribution in [3.63, 3.8) is 0 Å². The summed E-state index contributed by atoms with van der Waals surface area (Å²) in [6.45, 7) is 2.74. The second-order valence-electron chi connectivity index (χ2n) is 4.33. The van der Waals surface area contributed by atoms with Crippen LogP contribution in [0.1, 0.15) is 24.1 Å². The summed E-state index contributed by atoms with van der Waals surface area (Å²) in [6.07, 6.45) is 0.402. The highest BCUT2D eigenvalue weighted by Crippen LogP contribution is 2.36. The zero-order valence-electron chi connectivity index (χ0n) is 10.7. The van der Waals surface area contributed by atoms with Crippen LogP contribution in [-0.4, -0.2) is 6.54 Å². The fourth-order valence-corrected chi connectivity index (χ4v) is 5.02. The molecule has 1 nitrogen and oxygen atoms in total. The van der Waals surface area contributed by atoms with Gasteiger partial charge in [0.05, 0.1) is 7.57 Å². The molecule has 0 aliphatic heterocycles. The van der Waals surface area contributed by atoms with Gasteiger partial charge in [0.25, 0.3) is 0 Å². The van der Waals surface area contributed by atoms with Gasteiger partial charge in [-0.1, -0.05) is 6.92 Å². The van der Waals surface area contributed by atoms with Gasteiger partial charge in [0, 0.05) is 6.04 Å². The number of likely N-dealkylation sites (N-methyl/N-ethyl adjacent to an activating group) is 1. The van der Waals surface area contributed by atoms with Crippen LogP contribution in [0.4, 0.5) is 8.78 Å². The number of rotatable bonds is 5. The summed E-state index contributed by atoms with van der Waals surface area (Å²) in [7, 11) is 0. The summed E-state index contributed by atoms with van der Waals surface area (Å²) < 4.78 is 29.0. The first-order valence-corrected chi connectivity index (χ1v) is 8.53. The van der Waals surface area contributed by atoms with Crippen molar-refractivity contribution in [1.29, 1.82) is 0 Å². The maximum absolute atomic E-state index is 13.8. The Hall–Kier alpha value is -0.300. The Labute approximate surface area is 137 Å². The molecule has 2 aromatic rings. The van der Waals surface area contributed by atoms with E-state index in [1.165, 1.54) is 12.1 Å². The zero-order valence-corrected chi connectivity index (χ0v) is 14.7. The Morgan fingerprint density at radius 3 is 2.60 bits per heavy atom. The largest absolute Gasteiger partial charge is 0.310 e. The van der Waals surface area contributed by atoms with Crippen molar-refractivity contribution in [2.45, 2.75) is 19.4 Å². The van der Waals surface area contributed by atoms with Gasteiger partial charge in [0.15, 0.2) is 0 Å². The first kappa shape index (κ1) is 16.1. The van der Waals surface area contributed by atoms with Crippen LogP contribution in [0.25, 0.3) is 0 Å². The van der Waals surface area contributed by atoms with Gasteiger partial charge in [-0.05, 0) is 80.2 Å². The van der Waals surface area contributed by atoms with Crippen molar-refractivity contribution in [3.05, 3.63) is 54.6 Å². The maximum atomic E-state index is 13.8. The SMILES string of the molecule is CCNC(Cc1cc(F)ccc1F)c1cc(Br)sc1Br. The van der Waals surface area contributed by atoms with Gasteiger partial charge >= 0.3 is 0 Å². The Morgan fingerprint density at radius 2 is 2.00 bits per heavy atom. The van der Waals surface area contributed by atoms with Crippen molar-refractivity contribution in [2.24, 2.45) is 0 Å². The molecule has 1 heterocycles. The van der Waals surface area contributed by atoms with E-state index in [0.29, 0.717) is 12.0 Å². The van der Waals surface area contributed by atoms with Gasteiger partial charge < -0.3 is 5.32 Å². The number of halogens is 4. The molecule has 0 fully saturated rings. The number of hydrogen-bond donors (Lipinski definition) is 1. The second-order valence-corrected chi connectivity index (χ2v) is 8.08. The topological polar surface area (TPSA) is 12.0 Å². The van der Waals surface area contributed by atoms with Crippen molar-refractivity contribution in [1.82, 2.24) is 5.32 Å². The van der Waals surface area contributed by atoms with Crippen LogP contribution >= 0.6 is 43.2 Å². The number of thiophene rings is 1. The molecule has 0 spiro atoms. The fraction of sp³-hybridized carbons (Fsp3) is 0.286. The van der Waals surface area contributed by atoms with Crippen LogP contribution in [0.5, 0.6) is 0 Å². The number of hydrogen-bond acceptors (Lipinski definition) is 2. The molecule has 0 bridgehead atoms. The predicted octanol–water partition coefficient (Wildman–Crippen LogP) is 5.44. The van der Waals surface area contributed by atoms with Crippen LogP contribution in [0, 0.1) is 11.6 Å². The third-order valence-electron chi connectivity index (χ3n) is 2.94. The molecule has 1 atom stereocenters. The Bertz CT molecular complexity index is 601. The monoisotopic (exact) mass is 423 g/mol. The molecule has 0 aliphatic rings. The molecule has 1 aromatic heterocycles. The minimum atomic E-state index is -0.415. The lowest BCUT2D eigenvalue weighted by molar-refractivity contribution is 0.522. The average molecular weight is 425 g/mol. The number of benzene rings is 1. The summed E-state index contributed by atoms with van der Waals surface area (Å²) in [5.41, 5.74) is 1.43. The lowest BCUT2D eigenvalue weighted by Gasteiger charge is -2.18. The van der Waals surface area contributed by atoms with E-state index in [0.717, 1.165) is 25.7 Å². The van der Waals surface area contributed by atoms with Crippen LogP contribution in [0.15, 0.2) is 31.8 Å². The first-order chi connectivity index (χ1) is 9.51. The molecule has 1 unspecified atom stereocenters. The Kier molecular flexibility index (Phi) is 5.72. The van der Waals surface area contributed by atoms with Crippen molar-refractivity contribution in [3.8, 4) is 0 Å². The summed E-state index contributed by atoms with van der Waals surface area (Å²) >= 11 is 8.52. The van der Waals surface area contributed by atoms with E-state index in [9.17, 15) is 8.78 Å².